The van der Waals surface area contributed by atoms with Gasteiger partial charge in [-0.15, -0.1) is 0 Å². The summed E-state index contributed by atoms with van der Waals surface area (Å²) in [5, 5.41) is 2.84. The van der Waals surface area contributed by atoms with Crippen molar-refractivity contribution < 1.29 is 14.3 Å². The van der Waals surface area contributed by atoms with Gasteiger partial charge in [-0.3, -0.25) is 4.79 Å². The molecule has 0 saturated heterocycles. The Morgan fingerprint density at radius 1 is 1.08 bits per heavy atom. The van der Waals surface area contributed by atoms with Crippen LogP contribution >= 0.6 is 0 Å². The summed E-state index contributed by atoms with van der Waals surface area (Å²) >= 11 is 0. The molecule has 25 heavy (non-hydrogen) atoms. The molecule has 4 heteroatoms. The quantitative estimate of drug-likeness (QED) is 0.782. The first-order valence-corrected chi connectivity index (χ1v) is 8.55. The first-order chi connectivity index (χ1) is 11.9. The fourth-order valence-electron chi connectivity index (χ4n) is 2.75. The molecule has 0 aliphatic rings. The van der Waals surface area contributed by atoms with Crippen molar-refractivity contribution in [2.45, 2.75) is 40.0 Å². The van der Waals surface area contributed by atoms with Crippen molar-refractivity contribution in [3.05, 3.63) is 64.7 Å². The molecule has 1 N–H and O–H groups in total. The monoisotopic (exact) mass is 339 g/mol. The average Bonchev–Trinajstić information content (AvgIpc) is 2.58. The number of hydrogen-bond donors (Lipinski definition) is 1. The van der Waals surface area contributed by atoms with Crippen LogP contribution in [0.3, 0.4) is 0 Å². The van der Waals surface area contributed by atoms with E-state index in [2.05, 4.69) is 19.2 Å². The molecule has 2 aromatic carbocycles. The van der Waals surface area contributed by atoms with E-state index in [0.29, 0.717) is 11.5 Å². The number of anilines is 1. The second-order valence-corrected chi connectivity index (χ2v) is 6.40. The van der Waals surface area contributed by atoms with Gasteiger partial charge in [-0.05, 0) is 49.9 Å². The van der Waals surface area contributed by atoms with Gasteiger partial charge in [-0.2, -0.15) is 0 Å². The normalized spacial score (nSPS) is 11.7. The largest absolute Gasteiger partial charge is 0.452 e. The summed E-state index contributed by atoms with van der Waals surface area (Å²) in [7, 11) is 0. The zero-order valence-electron chi connectivity index (χ0n) is 15.3. The lowest BCUT2D eigenvalue weighted by atomic mass is 9.97. The smallest absolute Gasteiger partial charge is 0.338 e. The van der Waals surface area contributed by atoms with Crippen molar-refractivity contribution in [2.24, 2.45) is 0 Å². The van der Waals surface area contributed by atoms with Crippen molar-refractivity contribution in [1.82, 2.24) is 0 Å². The van der Waals surface area contributed by atoms with E-state index in [4.69, 9.17) is 4.74 Å². The minimum absolute atomic E-state index is 0.305. The lowest BCUT2D eigenvalue weighted by Crippen LogP contribution is -2.21. The third-order valence-electron chi connectivity index (χ3n) is 4.17. The lowest BCUT2D eigenvalue weighted by molar-refractivity contribution is -0.119. The van der Waals surface area contributed by atoms with Crippen LogP contribution in [-0.2, 0) is 9.53 Å². The Labute approximate surface area is 149 Å². The van der Waals surface area contributed by atoms with Crippen molar-refractivity contribution in [3.8, 4) is 0 Å². The standard InChI is InChI=1S/C21H25NO3/c1-5-16(4)18-8-6-7-9-19(18)22-20(23)13-25-21(24)17-11-14(2)10-15(3)12-17/h6-12,16H,5,13H2,1-4H3,(H,22,23)/t16-/m1/s1. The molecule has 4 nitrogen and oxygen atoms in total. The highest BCUT2D eigenvalue weighted by Crippen LogP contribution is 2.26. The molecule has 0 unspecified atom stereocenters. The van der Waals surface area contributed by atoms with Crippen molar-refractivity contribution in [3.63, 3.8) is 0 Å². The highest BCUT2D eigenvalue weighted by molar-refractivity contribution is 5.96. The zero-order valence-corrected chi connectivity index (χ0v) is 15.3. The van der Waals surface area contributed by atoms with E-state index in [0.717, 1.165) is 28.8 Å². The third-order valence-corrected chi connectivity index (χ3v) is 4.17. The van der Waals surface area contributed by atoms with Crippen LogP contribution in [0.15, 0.2) is 42.5 Å². The van der Waals surface area contributed by atoms with E-state index in [-0.39, 0.29) is 12.5 Å². The summed E-state index contributed by atoms with van der Waals surface area (Å²) in [4.78, 5) is 24.3. The summed E-state index contributed by atoms with van der Waals surface area (Å²) in [5.74, 6) is -0.486. The van der Waals surface area contributed by atoms with Crippen LogP contribution in [0.25, 0.3) is 0 Å². The maximum Gasteiger partial charge on any atom is 0.338 e. The van der Waals surface area contributed by atoms with Crippen LogP contribution in [0.1, 0.15) is 53.2 Å². The fourth-order valence-corrected chi connectivity index (χ4v) is 2.75. The highest BCUT2D eigenvalue weighted by atomic mass is 16.5. The van der Waals surface area contributed by atoms with Gasteiger partial charge >= 0.3 is 5.97 Å². The Morgan fingerprint density at radius 2 is 1.72 bits per heavy atom. The molecule has 2 rings (SSSR count). The molecular formula is C21H25NO3. The number of aryl methyl sites for hydroxylation is 2. The lowest BCUT2D eigenvalue weighted by Gasteiger charge is -2.15. The highest BCUT2D eigenvalue weighted by Gasteiger charge is 2.14. The van der Waals surface area contributed by atoms with Gasteiger partial charge in [0, 0.05) is 5.69 Å². The minimum Gasteiger partial charge on any atom is -0.452 e. The Balaban J connectivity index is 1.98. The van der Waals surface area contributed by atoms with Crippen LogP contribution in [-0.4, -0.2) is 18.5 Å². The molecule has 0 heterocycles. The van der Waals surface area contributed by atoms with Crippen LogP contribution in [0.2, 0.25) is 0 Å². The van der Waals surface area contributed by atoms with E-state index in [9.17, 15) is 9.59 Å². The maximum atomic E-state index is 12.2. The molecule has 2 aromatic rings. The first-order valence-electron chi connectivity index (χ1n) is 8.55. The van der Waals surface area contributed by atoms with Gasteiger partial charge in [0.15, 0.2) is 6.61 Å². The van der Waals surface area contributed by atoms with Crippen molar-refractivity contribution in [1.29, 1.82) is 0 Å². The third kappa shape index (κ3) is 5.18. The molecule has 1 atom stereocenters. The van der Waals surface area contributed by atoms with Gasteiger partial charge in [0.25, 0.3) is 5.91 Å². The average molecular weight is 339 g/mol. The second-order valence-electron chi connectivity index (χ2n) is 6.40. The van der Waals surface area contributed by atoms with Gasteiger partial charge in [-0.1, -0.05) is 49.2 Å². The summed E-state index contributed by atoms with van der Waals surface area (Å²) < 4.78 is 5.15. The summed E-state index contributed by atoms with van der Waals surface area (Å²) in [6.07, 6.45) is 0.981. The number of benzene rings is 2. The van der Waals surface area contributed by atoms with Gasteiger partial charge in [0.1, 0.15) is 0 Å². The number of carbonyl (C=O) groups excluding carboxylic acids is 2. The van der Waals surface area contributed by atoms with E-state index < -0.39 is 5.97 Å². The van der Waals surface area contributed by atoms with Crippen LogP contribution in [0.5, 0.6) is 0 Å². The van der Waals surface area contributed by atoms with Crippen molar-refractivity contribution in [2.75, 3.05) is 11.9 Å². The molecule has 0 fully saturated rings. The molecule has 0 saturated carbocycles. The van der Waals surface area contributed by atoms with E-state index >= 15 is 0 Å². The summed E-state index contributed by atoms with van der Waals surface area (Å²) in [6, 6.07) is 13.2. The van der Waals surface area contributed by atoms with Gasteiger partial charge in [-0.25, -0.2) is 4.79 Å². The Bertz CT molecular complexity index is 747. The predicted molar refractivity (Wildman–Crippen MR) is 100.0 cm³/mol. The van der Waals surface area contributed by atoms with Gasteiger partial charge < -0.3 is 10.1 Å². The number of rotatable bonds is 6. The molecular weight excluding hydrogens is 314 g/mol. The Morgan fingerprint density at radius 3 is 2.36 bits per heavy atom. The number of amides is 1. The van der Waals surface area contributed by atoms with E-state index in [1.54, 1.807) is 12.1 Å². The van der Waals surface area contributed by atoms with Crippen LogP contribution in [0, 0.1) is 13.8 Å². The summed E-state index contributed by atoms with van der Waals surface area (Å²) in [6.45, 7) is 7.76. The van der Waals surface area contributed by atoms with Gasteiger partial charge in [0.2, 0.25) is 0 Å². The summed E-state index contributed by atoms with van der Waals surface area (Å²) in [5.41, 5.74) is 4.28. The molecule has 0 aliphatic heterocycles. The molecule has 0 aliphatic carbocycles. The topological polar surface area (TPSA) is 55.4 Å². The Kier molecular flexibility index (Phi) is 6.34. The molecule has 0 spiro atoms. The van der Waals surface area contributed by atoms with Crippen LogP contribution < -0.4 is 5.32 Å². The second kappa shape index (κ2) is 8.47. The van der Waals surface area contributed by atoms with Crippen molar-refractivity contribution >= 4 is 17.6 Å². The maximum absolute atomic E-state index is 12.2. The molecule has 132 valence electrons. The predicted octanol–water partition coefficient (Wildman–Crippen LogP) is 4.61. The Hall–Kier alpha value is -2.62. The van der Waals surface area contributed by atoms with Crippen LogP contribution in [0.4, 0.5) is 5.69 Å². The number of carbonyl (C=O) groups is 2. The number of para-hydroxylation sites is 1. The number of esters is 1. The molecule has 0 bridgehead atoms. The number of ether oxygens (including phenoxy) is 1. The van der Waals surface area contributed by atoms with E-state index in [1.165, 1.54) is 0 Å². The SMILES string of the molecule is CC[C@@H](C)c1ccccc1NC(=O)COC(=O)c1cc(C)cc(C)c1. The number of nitrogens with one attached hydrogen (secondary N) is 1. The fraction of sp³-hybridized carbons (Fsp3) is 0.333. The zero-order chi connectivity index (χ0) is 18.4. The number of hydrogen-bond acceptors (Lipinski definition) is 3. The molecule has 0 aromatic heterocycles. The molecule has 1 amide bonds. The first kappa shape index (κ1) is 18.7. The molecule has 0 radical (unpaired) electrons. The minimum atomic E-state index is -0.489. The van der Waals surface area contributed by atoms with Gasteiger partial charge in [0.05, 0.1) is 5.56 Å². The van der Waals surface area contributed by atoms with E-state index in [1.807, 2.05) is 44.2 Å².